The number of hydrogen-bond donors (Lipinski definition) is 2. The summed E-state index contributed by atoms with van der Waals surface area (Å²) >= 11 is 1.59. The second-order valence-electron chi connectivity index (χ2n) is 3.39. The van der Waals surface area contributed by atoms with Gasteiger partial charge in [-0.2, -0.15) is 0 Å². The maximum atomic E-state index is 9.04. The molecule has 13 heavy (non-hydrogen) atoms. The molecule has 4 heteroatoms. The zero-order valence-corrected chi connectivity index (χ0v) is 8.84. The number of hydrogen-bond acceptors (Lipinski definition) is 4. The monoisotopic (exact) mass is 200 g/mol. The lowest BCUT2D eigenvalue weighted by atomic mass is 10.1. The van der Waals surface area contributed by atoms with Crippen molar-refractivity contribution in [3.63, 3.8) is 0 Å². The number of aliphatic hydroxyl groups excluding tert-OH is 1. The van der Waals surface area contributed by atoms with E-state index >= 15 is 0 Å². The number of nitrogens with one attached hydrogen (secondary N) is 1. The first-order valence-corrected chi connectivity index (χ1v) is 5.39. The summed E-state index contributed by atoms with van der Waals surface area (Å²) in [5.41, 5.74) is 2.87. The summed E-state index contributed by atoms with van der Waals surface area (Å²) in [7, 11) is 0. The Balaban J connectivity index is 2.32. The molecule has 0 aliphatic rings. The Hall–Kier alpha value is -0.450. The van der Waals surface area contributed by atoms with E-state index in [0.717, 1.165) is 12.2 Å². The quantitative estimate of drug-likeness (QED) is 0.752. The van der Waals surface area contributed by atoms with Crippen molar-refractivity contribution >= 4 is 11.3 Å². The predicted octanol–water partition coefficient (Wildman–Crippen LogP) is 1.25. The minimum Gasteiger partial charge on any atom is -0.395 e. The highest BCUT2D eigenvalue weighted by Gasteiger charge is 2.10. The van der Waals surface area contributed by atoms with Crippen LogP contribution >= 0.6 is 11.3 Å². The van der Waals surface area contributed by atoms with Gasteiger partial charge in [-0.3, -0.25) is 0 Å². The molecular formula is C9H16N2OS. The Kier molecular flexibility index (Phi) is 4.35. The lowest BCUT2D eigenvalue weighted by molar-refractivity contribution is 0.210. The molecule has 0 spiro atoms. The normalized spacial score (nSPS) is 13.5. The molecule has 1 aromatic heterocycles. The van der Waals surface area contributed by atoms with Crippen molar-refractivity contribution in [3.05, 3.63) is 16.6 Å². The average Bonchev–Trinajstić information content (AvgIpc) is 2.57. The maximum Gasteiger partial charge on any atom is 0.0795 e. The number of nitrogens with zero attached hydrogens (tertiary/aromatic N) is 1. The summed E-state index contributed by atoms with van der Waals surface area (Å²) in [6, 6.07) is 0.168. The molecule has 1 unspecified atom stereocenters. The molecular weight excluding hydrogens is 184 g/mol. The fraction of sp³-hybridized carbons (Fsp3) is 0.667. The van der Waals surface area contributed by atoms with Crippen molar-refractivity contribution in [1.29, 1.82) is 0 Å². The summed E-state index contributed by atoms with van der Waals surface area (Å²) in [5, 5.41) is 14.3. The minimum absolute atomic E-state index is 0.168. The van der Waals surface area contributed by atoms with E-state index in [9.17, 15) is 0 Å². The summed E-state index contributed by atoms with van der Waals surface area (Å²) in [6.07, 6.45) is 0. The molecule has 0 aliphatic heterocycles. The summed E-state index contributed by atoms with van der Waals surface area (Å²) in [5.74, 6) is 0.448. The molecule has 0 saturated carbocycles. The summed E-state index contributed by atoms with van der Waals surface area (Å²) < 4.78 is 0. The molecule has 0 bridgehead atoms. The van der Waals surface area contributed by atoms with E-state index in [-0.39, 0.29) is 12.6 Å². The van der Waals surface area contributed by atoms with Crippen LogP contribution in [0.4, 0.5) is 0 Å². The van der Waals surface area contributed by atoms with Gasteiger partial charge in [-0.05, 0) is 5.92 Å². The van der Waals surface area contributed by atoms with Crippen LogP contribution < -0.4 is 5.32 Å². The number of thiazole rings is 1. The molecule has 74 valence electrons. The van der Waals surface area contributed by atoms with Gasteiger partial charge in [-0.15, -0.1) is 11.3 Å². The zero-order chi connectivity index (χ0) is 9.68. The molecule has 1 atom stereocenters. The van der Waals surface area contributed by atoms with Gasteiger partial charge in [-0.25, -0.2) is 4.98 Å². The van der Waals surface area contributed by atoms with E-state index in [2.05, 4.69) is 24.1 Å². The second-order valence-corrected chi connectivity index (χ2v) is 4.11. The van der Waals surface area contributed by atoms with Crippen molar-refractivity contribution in [2.24, 2.45) is 5.92 Å². The molecule has 0 aliphatic carbocycles. The Morgan fingerprint density at radius 2 is 2.38 bits per heavy atom. The van der Waals surface area contributed by atoms with Gasteiger partial charge >= 0.3 is 0 Å². The first-order chi connectivity index (χ1) is 6.24. The van der Waals surface area contributed by atoms with Crippen LogP contribution in [-0.2, 0) is 6.54 Å². The molecule has 2 N–H and O–H groups in total. The van der Waals surface area contributed by atoms with Gasteiger partial charge in [-0.1, -0.05) is 13.8 Å². The Bertz CT molecular complexity index is 224. The van der Waals surface area contributed by atoms with Crippen molar-refractivity contribution in [2.45, 2.75) is 26.4 Å². The SMILES string of the molecule is CC(C)C(CO)NCc1cscn1. The first-order valence-electron chi connectivity index (χ1n) is 4.45. The summed E-state index contributed by atoms with van der Waals surface area (Å²) in [6.45, 7) is 5.11. The van der Waals surface area contributed by atoms with Gasteiger partial charge in [0, 0.05) is 18.0 Å². The first kappa shape index (κ1) is 10.6. The van der Waals surface area contributed by atoms with E-state index in [1.165, 1.54) is 0 Å². The molecule has 0 radical (unpaired) electrons. The molecule has 0 amide bonds. The highest BCUT2D eigenvalue weighted by molar-refractivity contribution is 7.07. The molecule has 1 rings (SSSR count). The molecule has 0 saturated heterocycles. The van der Waals surface area contributed by atoms with Crippen molar-refractivity contribution < 1.29 is 5.11 Å². The smallest absolute Gasteiger partial charge is 0.0795 e. The molecule has 1 aromatic rings. The van der Waals surface area contributed by atoms with Crippen molar-refractivity contribution in [1.82, 2.24) is 10.3 Å². The van der Waals surface area contributed by atoms with E-state index in [0.29, 0.717) is 5.92 Å². The van der Waals surface area contributed by atoms with Gasteiger partial charge in [0.1, 0.15) is 0 Å². The highest BCUT2D eigenvalue weighted by atomic mass is 32.1. The fourth-order valence-corrected chi connectivity index (χ4v) is 1.63. The number of aliphatic hydroxyl groups is 1. The Labute approximate surface area is 82.8 Å². The fourth-order valence-electron chi connectivity index (χ4n) is 1.07. The topological polar surface area (TPSA) is 45.1 Å². The van der Waals surface area contributed by atoms with Crippen LogP contribution in [0.15, 0.2) is 10.9 Å². The Morgan fingerprint density at radius 3 is 2.85 bits per heavy atom. The second kappa shape index (κ2) is 5.32. The van der Waals surface area contributed by atoms with Crippen LogP contribution in [0.2, 0.25) is 0 Å². The highest BCUT2D eigenvalue weighted by Crippen LogP contribution is 2.04. The third kappa shape index (κ3) is 3.42. The van der Waals surface area contributed by atoms with Crippen LogP contribution in [0.25, 0.3) is 0 Å². The molecule has 3 nitrogen and oxygen atoms in total. The third-order valence-corrected chi connectivity index (χ3v) is 2.67. The lowest BCUT2D eigenvalue weighted by Crippen LogP contribution is -2.36. The van der Waals surface area contributed by atoms with Gasteiger partial charge in [0.05, 0.1) is 17.8 Å². The van der Waals surface area contributed by atoms with E-state index < -0.39 is 0 Å². The summed E-state index contributed by atoms with van der Waals surface area (Å²) in [4.78, 5) is 4.16. The van der Waals surface area contributed by atoms with Crippen LogP contribution in [-0.4, -0.2) is 22.7 Å². The lowest BCUT2D eigenvalue weighted by Gasteiger charge is -2.19. The Morgan fingerprint density at radius 1 is 1.62 bits per heavy atom. The van der Waals surface area contributed by atoms with Crippen LogP contribution in [0.5, 0.6) is 0 Å². The predicted molar refractivity (Wildman–Crippen MR) is 54.7 cm³/mol. The average molecular weight is 200 g/mol. The largest absolute Gasteiger partial charge is 0.395 e. The van der Waals surface area contributed by atoms with Gasteiger partial charge in [0.15, 0.2) is 0 Å². The minimum atomic E-state index is 0.168. The van der Waals surface area contributed by atoms with Gasteiger partial charge in [0.2, 0.25) is 0 Å². The van der Waals surface area contributed by atoms with Crippen LogP contribution in [0, 0.1) is 5.92 Å². The van der Waals surface area contributed by atoms with Crippen molar-refractivity contribution in [3.8, 4) is 0 Å². The van der Waals surface area contributed by atoms with E-state index in [1.807, 2.05) is 10.9 Å². The van der Waals surface area contributed by atoms with E-state index in [1.54, 1.807) is 11.3 Å². The van der Waals surface area contributed by atoms with Crippen LogP contribution in [0.3, 0.4) is 0 Å². The zero-order valence-electron chi connectivity index (χ0n) is 8.03. The third-order valence-electron chi connectivity index (χ3n) is 2.03. The molecule has 1 heterocycles. The molecule has 0 aromatic carbocycles. The molecule has 0 fully saturated rings. The number of rotatable bonds is 5. The maximum absolute atomic E-state index is 9.04. The number of aromatic nitrogens is 1. The van der Waals surface area contributed by atoms with Gasteiger partial charge < -0.3 is 10.4 Å². The van der Waals surface area contributed by atoms with Gasteiger partial charge in [0.25, 0.3) is 0 Å². The van der Waals surface area contributed by atoms with Crippen molar-refractivity contribution in [2.75, 3.05) is 6.61 Å². The van der Waals surface area contributed by atoms with Crippen LogP contribution in [0.1, 0.15) is 19.5 Å². The van der Waals surface area contributed by atoms with E-state index in [4.69, 9.17) is 5.11 Å². The standard InChI is InChI=1S/C9H16N2OS/c1-7(2)9(4-12)10-3-8-5-13-6-11-8/h5-7,9-10,12H,3-4H2,1-2H3.